The van der Waals surface area contributed by atoms with E-state index in [1.54, 1.807) is 5.56 Å². The molecular weight excluding hydrogens is 180 g/mol. The van der Waals surface area contributed by atoms with E-state index in [1.165, 1.54) is 22.8 Å². The Kier molecular flexibility index (Phi) is 1.29. The highest BCUT2D eigenvalue weighted by Crippen LogP contribution is 2.54. The highest BCUT2D eigenvalue weighted by molar-refractivity contribution is 5.90. The second-order valence-electron chi connectivity index (χ2n) is 4.65. The van der Waals surface area contributed by atoms with Crippen LogP contribution in [0, 0.1) is 5.92 Å². The van der Waals surface area contributed by atoms with E-state index in [0.717, 1.165) is 11.8 Å². The second-order valence-corrected chi connectivity index (χ2v) is 4.65. The van der Waals surface area contributed by atoms with Crippen molar-refractivity contribution in [2.24, 2.45) is 5.92 Å². The first kappa shape index (κ1) is 7.70. The zero-order valence-corrected chi connectivity index (χ0v) is 8.48. The van der Waals surface area contributed by atoms with Gasteiger partial charge in [-0.2, -0.15) is 0 Å². The summed E-state index contributed by atoms with van der Waals surface area (Å²) in [4.78, 5) is 0. The molecule has 4 rings (SSSR count). The fraction of sp³-hybridized carbons (Fsp3) is 0.200. The normalized spacial score (nSPS) is 26.1. The predicted octanol–water partition coefficient (Wildman–Crippen LogP) is 3.97. The van der Waals surface area contributed by atoms with Crippen molar-refractivity contribution in [2.75, 3.05) is 0 Å². The summed E-state index contributed by atoms with van der Waals surface area (Å²) in [6, 6.07) is 13.3. The Bertz CT molecular complexity index is 578. The van der Waals surface area contributed by atoms with Gasteiger partial charge in [0.25, 0.3) is 0 Å². The summed E-state index contributed by atoms with van der Waals surface area (Å²) in [5, 5.41) is 2.85. The molecule has 0 bridgehead atoms. The number of benzene rings is 2. The molecule has 2 aromatic rings. The van der Waals surface area contributed by atoms with Crippen LogP contribution in [-0.2, 0) is 0 Å². The van der Waals surface area contributed by atoms with Gasteiger partial charge in [0, 0.05) is 0 Å². The van der Waals surface area contributed by atoms with Crippen molar-refractivity contribution < 1.29 is 0 Å². The van der Waals surface area contributed by atoms with Crippen LogP contribution in [0.3, 0.4) is 0 Å². The Balaban J connectivity index is 2.15. The maximum Gasteiger partial charge on any atom is -0.00808 e. The van der Waals surface area contributed by atoms with Gasteiger partial charge < -0.3 is 0 Å². The highest BCUT2D eigenvalue weighted by atomic mass is 14.4. The van der Waals surface area contributed by atoms with Crippen LogP contribution in [0.15, 0.2) is 42.5 Å². The minimum atomic E-state index is 0.816. The van der Waals surface area contributed by atoms with E-state index >= 15 is 0 Å². The molecule has 2 atom stereocenters. The lowest BCUT2D eigenvalue weighted by Gasteiger charge is -2.13. The van der Waals surface area contributed by atoms with Crippen LogP contribution in [0.2, 0.25) is 0 Å². The number of rotatable bonds is 0. The molecule has 0 aliphatic heterocycles. The van der Waals surface area contributed by atoms with Gasteiger partial charge in [-0.1, -0.05) is 48.6 Å². The Morgan fingerprint density at radius 3 is 2.93 bits per heavy atom. The average Bonchev–Trinajstić information content (AvgIpc) is 3.07. The van der Waals surface area contributed by atoms with Gasteiger partial charge in [0.15, 0.2) is 0 Å². The molecule has 0 radical (unpaired) electrons. The molecule has 0 N–H and O–H groups in total. The predicted molar refractivity (Wildman–Crippen MR) is 63.8 cm³/mol. The molecule has 0 amide bonds. The maximum atomic E-state index is 2.38. The fourth-order valence-electron chi connectivity index (χ4n) is 2.86. The van der Waals surface area contributed by atoms with Crippen LogP contribution in [0.1, 0.15) is 23.5 Å². The zero-order chi connectivity index (χ0) is 9.83. The van der Waals surface area contributed by atoms with Crippen LogP contribution in [0.4, 0.5) is 0 Å². The molecule has 2 aliphatic carbocycles. The lowest BCUT2D eigenvalue weighted by molar-refractivity contribution is 1.01. The number of allylic oxidation sites excluding steroid dienone is 1. The van der Waals surface area contributed by atoms with E-state index in [9.17, 15) is 0 Å². The van der Waals surface area contributed by atoms with Gasteiger partial charge >= 0.3 is 0 Å². The Labute approximate surface area is 89.2 Å². The maximum absolute atomic E-state index is 2.38. The first-order valence-electron chi connectivity index (χ1n) is 5.63. The van der Waals surface area contributed by atoms with Crippen molar-refractivity contribution in [1.29, 1.82) is 0 Å². The summed E-state index contributed by atoms with van der Waals surface area (Å²) in [7, 11) is 0. The second kappa shape index (κ2) is 2.52. The van der Waals surface area contributed by atoms with E-state index in [1.807, 2.05) is 0 Å². The van der Waals surface area contributed by atoms with Gasteiger partial charge in [-0.15, -0.1) is 0 Å². The van der Waals surface area contributed by atoms with Gasteiger partial charge in [0.05, 0.1) is 0 Å². The molecule has 2 aromatic carbocycles. The quantitative estimate of drug-likeness (QED) is 0.592. The van der Waals surface area contributed by atoms with Crippen LogP contribution in [0.5, 0.6) is 0 Å². The summed E-state index contributed by atoms with van der Waals surface area (Å²) in [6.45, 7) is 0. The fourth-order valence-corrected chi connectivity index (χ4v) is 2.86. The molecular formula is C15H12. The Morgan fingerprint density at radius 1 is 1.00 bits per heavy atom. The third-order valence-corrected chi connectivity index (χ3v) is 3.74. The number of hydrogen-bond acceptors (Lipinski definition) is 0. The molecule has 0 nitrogen and oxygen atoms in total. The molecule has 0 saturated heterocycles. The average molecular weight is 192 g/mol. The molecule has 15 heavy (non-hydrogen) atoms. The van der Waals surface area contributed by atoms with Gasteiger partial charge in [-0.25, -0.2) is 0 Å². The standard InChI is InChI=1S/C15H12/c1-2-4-13-10(3-1)5-6-11-7-8-12-9-14(12)15(11)13/h1-8,12,14H,9H2. The Morgan fingerprint density at radius 2 is 1.93 bits per heavy atom. The summed E-state index contributed by atoms with van der Waals surface area (Å²) < 4.78 is 0. The van der Waals surface area contributed by atoms with Crippen LogP contribution < -0.4 is 0 Å². The van der Waals surface area contributed by atoms with E-state index < -0.39 is 0 Å². The summed E-state index contributed by atoms with van der Waals surface area (Å²) in [6.07, 6.45) is 6.04. The van der Waals surface area contributed by atoms with Crippen molar-refractivity contribution in [3.05, 3.63) is 53.6 Å². The van der Waals surface area contributed by atoms with Crippen molar-refractivity contribution in [3.63, 3.8) is 0 Å². The third kappa shape index (κ3) is 0.967. The van der Waals surface area contributed by atoms with Gasteiger partial charge in [0.1, 0.15) is 0 Å². The van der Waals surface area contributed by atoms with E-state index in [2.05, 4.69) is 48.6 Å². The molecule has 0 spiro atoms. The van der Waals surface area contributed by atoms with Crippen LogP contribution >= 0.6 is 0 Å². The van der Waals surface area contributed by atoms with E-state index in [0.29, 0.717) is 0 Å². The molecule has 2 unspecified atom stereocenters. The molecule has 1 fully saturated rings. The zero-order valence-electron chi connectivity index (χ0n) is 8.48. The van der Waals surface area contributed by atoms with Crippen molar-refractivity contribution in [1.82, 2.24) is 0 Å². The van der Waals surface area contributed by atoms with Crippen LogP contribution in [0.25, 0.3) is 16.8 Å². The minimum absolute atomic E-state index is 0.816. The van der Waals surface area contributed by atoms with Gasteiger partial charge in [-0.3, -0.25) is 0 Å². The first-order chi connectivity index (χ1) is 7.43. The lowest BCUT2D eigenvalue weighted by Crippen LogP contribution is -1.93. The van der Waals surface area contributed by atoms with Crippen molar-refractivity contribution in [3.8, 4) is 0 Å². The molecule has 2 aliphatic rings. The lowest BCUT2D eigenvalue weighted by atomic mass is 9.92. The number of hydrogen-bond donors (Lipinski definition) is 0. The summed E-state index contributed by atoms with van der Waals surface area (Å²) in [5.41, 5.74) is 3.04. The highest BCUT2D eigenvalue weighted by Gasteiger charge is 2.40. The molecule has 0 aromatic heterocycles. The molecule has 0 heterocycles. The molecule has 0 heteroatoms. The van der Waals surface area contributed by atoms with Crippen molar-refractivity contribution >= 4 is 16.8 Å². The smallest absolute Gasteiger partial charge is 0.00808 e. The SMILES string of the molecule is C1=CC2CC2c2c1ccc1ccccc21. The Hall–Kier alpha value is -1.56. The van der Waals surface area contributed by atoms with Crippen LogP contribution in [-0.4, -0.2) is 0 Å². The van der Waals surface area contributed by atoms with E-state index in [4.69, 9.17) is 0 Å². The largest absolute Gasteiger partial charge is 0.0802 e. The molecule has 1 saturated carbocycles. The third-order valence-electron chi connectivity index (χ3n) is 3.74. The van der Waals surface area contributed by atoms with Gasteiger partial charge in [0.2, 0.25) is 0 Å². The van der Waals surface area contributed by atoms with Gasteiger partial charge in [-0.05, 0) is 40.2 Å². The van der Waals surface area contributed by atoms with Crippen molar-refractivity contribution in [2.45, 2.75) is 12.3 Å². The number of fused-ring (bicyclic) bond motifs is 5. The monoisotopic (exact) mass is 192 g/mol. The topological polar surface area (TPSA) is 0 Å². The molecule has 72 valence electrons. The first-order valence-corrected chi connectivity index (χ1v) is 5.63. The summed E-state index contributed by atoms with van der Waals surface area (Å²) >= 11 is 0. The minimum Gasteiger partial charge on any atom is -0.0802 e. The van der Waals surface area contributed by atoms with E-state index in [-0.39, 0.29) is 0 Å². The summed E-state index contributed by atoms with van der Waals surface area (Å²) in [5.74, 6) is 1.65.